The van der Waals surface area contributed by atoms with E-state index >= 15 is 0 Å². The molecule has 254 valence electrons. The summed E-state index contributed by atoms with van der Waals surface area (Å²) in [5, 5.41) is 33.3. The van der Waals surface area contributed by atoms with Crippen molar-refractivity contribution in [1.29, 1.82) is 0 Å². The van der Waals surface area contributed by atoms with E-state index in [2.05, 4.69) is 31.1 Å². The van der Waals surface area contributed by atoms with Crippen LogP contribution in [-0.4, -0.2) is 51.8 Å². The minimum absolute atomic E-state index is 0.0806. The number of hydrogen-bond acceptors (Lipinski definition) is 8. The van der Waals surface area contributed by atoms with Gasteiger partial charge in [-0.3, -0.25) is 4.79 Å². The fourth-order valence-corrected chi connectivity index (χ4v) is 5.87. The molecule has 10 nitrogen and oxygen atoms in total. The van der Waals surface area contributed by atoms with Crippen molar-refractivity contribution in [1.82, 2.24) is 40.4 Å². The summed E-state index contributed by atoms with van der Waals surface area (Å²) in [5.74, 6) is -0.00837. The maximum Gasteiger partial charge on any atom is 0.187 e. The Morgan fingerprint density at radius 1 is 0.500 bits per heavy atom. The molecule has 0 aliphatic carbocycles. The van der Waals surface area contributed by atoms with Gasteiger partial charge in [0.1, 0.15) is 23.0 Å². The normalized spacial score (nSPS) is 10.8. The van der Waals surface area contributed by atoms with Gasteiger partial charge in [-0.15, -0.1) is 10.2 Å². The standard InChI is InChI=1S/C20H15FN4O.C20H13FN4O/c2*21-18-11-5-6-12-19(18)25-20(22-23-24-25)17-10-4-3-9-16(17)15-8-2-1-7-14(15)13-26/h1-12,26H,13H2;1-13H. The van der Waals surface area contributed by atoms with Crippen molar-refractivity contribution in [3.8, 4) is 56.4 Å². The maximum atomic E-state index is 14.2. The number of aromatic nitrogens is 8. The zero-order chi connectivity index (χ0) is 35.9. The second-order valence-corrected chi connectivity index (χ2v) is 11.3. The SMILES string of the molecule is O=Cc1ccccc1-c1ccccc1-c1nnnn1-c1ccccc1F.OCc1ccccc1-c1ccccc1-c1nnnn1-c1ccccc1F. The van der Waals surface area contributed by atoms with Crippen molar-refractivity contribution in [2.75, 3.05) is 0 Å². The maximum absolute atomic E-state index is 14.2. The molecule has 0 saturated heterocycles. The average Bonchev–Trinajstić information content (AvgIpc) is 3.89. The van der Waals surface area contributed by atoms with E-state index in [0.29, 0.717) is 22.8 Å². The Balaban J connectivity index is 0.000000162. The van der Waals surface area contributed by atoms with E-state index in [1.165, 1.54) is 21.5 Å². The van der Waals surface area contributed by atoms with E-state index in [-0.39, 0.29) is 18.0 Å². The zero-order valence-electron chi connectivity index (χ0n) is 27.3. The Bertz CT molecular complexity index is 2500. The first-order valence-electron chi connectivity index (χ1n) is 16.1. The van der Waals surface area contributed by atoms with Crippen LogP contribution in [0.4, 0.5) is 8.78 Å². The number of carbonyl (C=O) groups is 1. The Kier molecular flexibility index (Phi) is 9.80. The largest absolute Gasteiger partial charge is 0.392 e. The van der Waals surface area contributed by atoms with Gasteiger partial charge in [0.15, 0.2) is 17.9 Å². The van der Waals surface area contributed by atoms with E-state index in [1.54, 1.807) is 48.5 Å². The van der Waals surface area contributed by atoms with Crippen LogP contribution in [0.5, 0.6) is 0 Å². The van der Waals surface area contributed by atoms with Gasteiger partial charge in [0.25, 0.3) is 0 Å². The predicted molar refractivity (Wildman–Crippen MR) is 191 cm³/mol. The number of aliphatic hydroxyl groups excluding tert-OH is 1. The summed E-state index contributed by atoms with van der Waals surface area (Å²) in [7, 11) is 0. The number of aliphatic hydroxyl groups is 1. The molecule has 12 heteroatoms. The fourth-order valence-electron chi connectivity index (χ4n) is 5.87. The number of rotatable bonds is 8. The third kappa shape index (κ3) is 6.61. The molecule has 0 aliphatic heterocycles. The van der Waals surface area contributed by atoms with Gasteiger partial charge < -0.3 is 5.11 Å². The lowest BCUT2D eigenvalue weighted by molar-refractivity contribution is 0.112. The first-order valence-corrected chi connectivity index (χ1v) is 16.1. The van der Waals surface area contributed by atoms with E-state index in [4.69, 9.17) is 0 Å². The zero-order valence-corrected chi connectivity index (χ0v) is 27.3. The number of para-hydroxylation sites is 2. The van der Waals surface area contributed by atoms with Crippen LogP contribution in [0.2, 0.25) is 0 Å². The predicted octanol–water partition coefficient (Wildman–Crippen LogP) is 7.58. The molecule has 2 heterocycles. The molecule has 0 bridgehead atoms. The van der Waals surface area contributed by atoms with Gasteiger partial charge in [-0.2, -0.15) is 9.36 Å². The van der Waals surface area contributed by atoms with Gasteiger partial charge >= 0.3 is 0 Å². The second kappa shape index (κ2) is 15.2. The molecule has 0 unspecified atom stereocenters. The highest BCUT2D eigenvalue weighted by molar-refractivity contribution is 5.92. The average molecular weight is 691 g/mol. The highest BCUT2D eigenvalue weighted by atomic mass is 19.1. The lowest BCUT2D eigenvalue weighted by Gasteiger charge is -2.13. The number of halogens is 2. The number of hydrogen-bond donors (Lipinski definition) is 1. The molecule has 0 amide bonds. The molecule has 52 heavy (non-hydrogen) atoms. The second-order valence-electron chi connectivity index (χ2n) is 11.3. The number of aldehydes is 1. The fraction of sp³-hybridized carbons (Fsp3) is 0.0250. The van der Waals surface area contributed by atoms with Crippen LogP contribution in [0.1, 0.15) is 15.9 Å². The molecule has 0 fully saturated rings. The number of nitrogens with zero attached hydrogens (tertiary/aromatic N) is 8. The molecular formula is C40H28F2N8O2. The molecule has 8 rings (SSSR count). The summed E-state index contributed by atoms with van der Waals surface area (Å²) in [5.41, 5.74) is 6.65. The van der Waals surface area contributed by atoms with Crippen molar-refractivity contribution >= 4 is 6.29 Å². The van der Waals surface area contributed by atoms with Crippen molar-refractivity contribution in [3.63, 3.8) is 0 Å². The van der Waals surface area contributed by atoms with Crippen molar-refractivity contribution in [2.45, 2.75) is 6.61 Å². The van der Waals surface area contributed by atoms with Crippen molar-refractivity contribution in [2.24, 2.45) is 0 Å². The van der Waals surface area contributed by atoms with Gasteiger partial charge in [0.2, 0.25) is 0 Å². The molecule has 2 aromatic heterocycles. The molecular weight excluding hydrogens is 662 g/mol. The van der Waals surface area contributed by atoms with Gasteiger partial charge in [0.05, 0.1) is 6.61 Å². The van der Waals surface area contributed by atoms with E-state index in [1.807, 2.05) is 84.9 Å². The van der Waals surface area contributed by atoms with Gasteiger partial charge in [-0.1, -0.05) is 121 Å². The summed E-state index contributed by atoms with van der Waals surface area (Å²) >= 11 is 0. The van der Waals surface area contributed by atoms with Gasteiger partial charge in [0, 0.05) is 16.7 Å². The van der Waals surface area contributed by atoms with Crippen LogP contribution >= 0.6 is 0 Å². The molecule has 6 aromatic carbocycles. The highest BCUT2D eigenvalue weighted by Gasteiger charge is 2.20. The van der Waals surface area contributed by atoms with Crippen molar-refractivity contribution < 1.29 is 18.7 Å². The minimum Gasteiger partial charge on any atom is -0.392 e. The summed E-state index contributed by atoms with van der Waals surface area (Å²) in [6, 6.07) is 42.6. The Morgan fingerprint density at radius 2 is 0.904 bits per heavy atom. The first-order chi connectivity index (χ1) is 25.6. The van der Waals surface area contributed by atoms with Crippen LogP contribution in [0, 0.1) is 11.6 Å². The van der Waals surface area contributed by atoms with Crippen LogP contribution in [-0.2, 0) is 6.61 Å². The van der Waals surface area contributed by atoms with E-state index in [0.717, 1.165) is 39.7 Å². The molecule has 0 radical (unpaired) electrons. The number of carbonyl (C=O) groups excluding carboxylic acids is 1. The molecule has 0 saturated carbocycles. The van der Waals surface area contributed by atoms with Crippen LogP contribution in [0.3, 0.4) is 0 Å². The van der Waals surface area contributed by atoms with E-state index in [9.17, 15) is 18.7 Å². The molecule has 0 aliphatic rings. The van der Waals surface area contributed by atoms with Crippen LogP contribution in [0.25, 0.3) is 56.4 Å². The Labute approximate surface area is 296 Å². The highest BCUT2D eigenvalue weighted by Crippen LogP contribution is 2.35. The summed E-state index contributed by atoms with van der Waals surface area (Å²) in [4.78, 5) is 11.4. The van der Waals surface area contributed by atoms with Gasteiger partial charge in [-0.25, -0.2) is 8.78 Å². The van der Waals surface area contributed by atoms with Crippen molar-refractivity contribution in [3.05, 3.63) is 168 Å². The molecule has 8 aromatic rings. The van der Waals surface area contributed by atoms with Gasteiger partial charge in [-0.05, 0) is 72.9 Å². The minimum atomic E-state index is -0.424. The van der Waals surface area contributed by atoms with Crippen LogP contribution in [0.15, 0.2) is 146 Å². The monoisotopic (exact) mass is 690 g/mol. The topological polar surface area (TPSA) is 124 Å². The summed E-state index contributed by atoms with van der Waals surface area (Å²) in [6.45, 7) is -0.0806. The summed E-state index contributed by atoms with van der Waals surface area (Å²) in [6.07, 6.45) is 0.811. The van der Waals surface area contributed by atoms with Crippen LogP contribution < -0.4 is 0 Å². The lowest BCUT2D eigenvalue weighted by atomic mass is 9.95. The Hall–Kier alpha value is -7.05. The third-order valence-electron chi connectivity index (χ3n) is 8.29. The molecule has 1 N–H and O–H groups in total. The first kappa shape index (κ1) is 33.4. The number of tetrazole rings is 2. The smallest absolute Gasteiger partial charge is 0.187 e. The van der Waals surface area contributed by atoms with E-state index < -0.39 is 11.6 Å². The third-order valence-corrected chi connectivity index (χ3v) is 8.29. The number of benzene rings is 6. The quantitative estimate of drug-likeness (QED) is 0.162. The molecule has 0 spiro atoms. The Morgan fingerprint density at radius 3 is 1.40 bits per heavy atom. The summed E-state index contributed by atoms with van der Waals surface area (Å²) < 4.78 is 31.2. The molecule has 0 atom stereocenters. The lowest BCUT2D eigenvalue weighted by Crippen LogP contribution is -2.03.